The van der Waals surface area contributed by atoms with Crippen LogP contribution in [0.2, 0.25) is 19.1 Å². The molecule has 0 fully saturated rings. The zero-order valence-electron chi connectivity index (χ0n) is 7.60. The first-order valence-electron chi connectivity index (χ1n) is 3.94. The van der Waals surface area contributed by atoms with Gasteiger partial charge in [-0.05, 0) is 12.5 Å². The van der Waals surface area contributed by atoms with Gasteiger partial charge in [-0.2, -0.15) is 11.1 Å². The average Bonchev–Trinajstić information content (AvgIpc) is 1.96. The van der Waals surface area contributed by atoms with Crippen molar-refractivity contribution >= 4 is 24.4 Å². The second-order valence-electron chi connectivity index (χ2n) is 3.19. The van der Waals surface area contributed by atoms with Crippen LogP contribution >= 0.6 is 11.1 Å². The Balaban J connectivity index is 3.34. The summed E-state index contributed by atoms with van der Waals surface area (Å²) in [5, 5.41) is 0. The van der Waals surface area contributed by atoms with E-state index in [-0.39, 0.29) is 5.97 Å². The fourth-order valence-electron chi connectivity index (χ4n) is 0.724. The van der Waals surface area contributed by atoms with Gasteiger partial charge in [0.25, 0.3) is 0 Å². The Kier molecular flexibility index (Phi) is 5.25. The van der Waals surface area contributed by atoms with Crippen LogP contribution in [-0.4, -0.2) is 20.0 Å². The van der Waals surface area contributed by atoms with Crippen molar-refractivity contribution in [3.05, 3.63) is 12.7 Å². The Bertz CT molecular complexity index is 163. The Morgan fingerprint density at radius 1 is 1.67 bits per heavy atom. The molecule has 0 bridgehead atoms. The van der Waals surface area contributed by atoms with Gasteiger partial charge < -0.3 is 4.74 Å². The molecule has 0 aliphatic rings. The summed E-state index contributed by atoms with van der Waals surface area (Å²) in [4.78, 5) is 10.6. The van der Waals surface area contributed by atoms with E-state index in [1.54, 1.807) is 0 Å². The molecule has 0 heterocycles. The fraction of sp³-hybridized carbons (Fsp3) is 0.625. The molecule has 70 valence electrons. The zero-order valence-corrected chi connectivity index (χ0v) is 9.36. The molecular weight excluding hydrogens is 192 g/mol. The van der Waals surface area contributed by atoms with E-state index in [1.165, 1.54) is 6.08 Å². The van der Waals surface area contributed by atoms with Gasteiger partial charge in [0.2, 0.25) is 0 Å². The molecule has 12 heavy (non-hydrogen) atoms. The van der Waals surface area contributed by atoms with E-state index >= 15 is 0 Å². The first-order valence-corrected chi connectivity index (χ1v) is 8.16. The molecule has 0 N–H and O–H groups in total. The average molecular weight is 207 g/mol. The van der Waals surface area contributed by atoms with Gasteiger partial charge in [0.05, 0.1) is 6.61 Å². The quantitative estimate of drug-likeness (QED) is 0.227. The predicted molar refractivity (Wildman–Crippen MR) is 53.9 cm³/mol. The van der Waals surface area contributed by atoms with Gasteiger partial charge in [-0.1, -0.05) is 19.7 Å². The highest BCUT2D eigenvalue weighted by Crippen LogP contribution is 2.15. The van der Waals surface area contributed by atoms with E-state index in [2.05, 4.69) is 19.7 Å². The summed E-state index contributed by atoms with van der Waals surface area (Å²) in [6, 6.07) is 0.971. The van der Waals surface area contributed by atoms with Crippen LogP contribution in [0.3, 0.4) is 0 Å². The number of esters is 1. The van der Waals surface area contributed by atoms with E-state index in [9.17, 15) is 4.79 Å². The fourth-order valence-corrected chi connectivity index (χ4v) is 2.11. The number of halogens is 1. The maximum Gasteiger partial charge on any atom is 0.330 e. The van der Waals surface area contributed by atoms with Crippen LogP contribution in [0.1, 0.15) is 6.42 Å². The van der Waals surface area contributed by atoms with Crippen molar-refractivity contribution in [2.24, 2.45) is 0 Å². The minimum atomic E-state index is -1.48. The molecule has 0 amide bonds. The van der Waals surface area contributed by atoms with Crippen LogP contribution < -0.4 is 0 Å². The molecular formula is C8H15ClO2Si. The van der Waals surface area contributed by atoms with Crippen molar-refractivity contribution in [1.29, 1.82) is 0 Å². The molecule has 0 aliphatic heterocycles. The van der Waals surface area contributed by atoms with E-state index < -0.39 is 7.38 Å². The molecule has 0 aromatic rings. The lowest BCUT2D eigenvalue weighted by atomic mass is 10.5. The van der Waals surface area contributed by atoms with Gasteiger partial charge in [-0.25, -0.2) is 4.79 Å². The van der Waals surface area contributed by atoms with Crippen molar-refractivity contribution < 1.29 is 9.53 Å². The smallest absolute Gasteiger partial charge is 0.330 e. The lowest BCUT2D eigenvalue weighted by Crippen LogP contribution is -2.16. The molecule has 0 aromatic heterocycles. The third-order valence-electron chi connectivity index (χ3n) is 1.33. The number of hydrogen-bond acceptors (Lipinski definition) is 2. The summed E-state index contributed by atoms with van der Waals surface area (Å²) < 4.78 is 4.79. The molecule has 0 spiro atoms. The highest BCUT2D eigenvalue weighted by molar-refractivity contribution is 7.19. The van der Waals surface area contributed by atoms with Crippen LogP contribution in [0.15, 0.2) is 12.7 Å². The van der Waals surface area contributed by atoms with Crippen molar-refractivity contribution in [3.63, 3.8) is 0 Å². The summed E-state index contributed by atoms with van der Waals surface area (Å²) in [6.45, 7) is 7.90. The normalized spacial score (nSPS) is 10.9. The summed E-state index contributed by atoms with van der Waals surface area (Å²) in [7, 11) is -1.48. The standard InChI is InChI=1S/C8H15ClO2Si/c1-4-8(10)11-6-5-7-12(2,3)9/h4H,1,5-7H2,2-3H3. The van der Waals surface area contributed by atoms with Gasteiger partial charge in [0, 0.05) is 6.08 Å². The Morgan fingerprint density at radius 2 is 2.25 bits per heavy atom. The van der Waals surface area contributed by atoms with Crippen LogP contribution in [0.25, 0.3) is 0 Å². The van der Waals surface area contributed by atoms with E-state index in [1.807, 2.05) is 0 Å². The van der Waals surface area contributed by atoms with E-state index in [0.29, 0.717) is 6.61 Å². The van der Waals surface area contributed by atoms with E-state index in [4.69, 9.17) is 15.8 Å². The molecule has 0 saturated carbocycles. The number of carbonyl (C=O) groups is 1. The van der Waals surface area contributed by atoms with Gasteiger partial charge in [-0.3, -0.25) is 0 Å². The Labute approximate surface area is 79.3 Å². The minimum Gasteiger partial charge on any atom is -0.463 e. The SMILES string of the molecule is C=CC(=O)OCCC[Si](C)(C)Cl. The zero-order chi connectivity index (χ0) is 9.61. The maximum atomic E-state index is 10.6. The minimum absolute atomic E-state index is 0.357. The van der Waals surface area contributed by atoms with Crippen molar-refractivity contribution in [1.82, 2.24) is 0 Å². The van der Waals surface area contributed by atoms with Crippen LogP contribution in [-0.2, 0) is 9.53 Å². The van der Waals surface area contributed by atoms with Crippen molar-refractivity contribution in [2.45, 2.75) is 25.6 Å². The summed E-state index contributed by atoms with van der Waals surface area (Å²) in [5.74, 6) is -0.357. The second-order valence-corrected chi connectivity index (χ2v) is 10.2. The number of rotatable bonds is 5. The molecule has 2 nitrogen and oxygen atoms in total. The Hall–Kier alpha value is -0.283. The van der Waals surface area contributed by atoms with Crippen molar-refractivity contribution in [3.8, 4) is 0 Å². The number of hydrogen-bond donors (Lipinski definition) is 0. The largest absolute Gasteiger partial charge is 0.463 e. The molecule has 0 aromatic carbocycles. The summed E-state index contributed by atoms with van der Waals surface area (Å²) >= 11 is 6.06. The second kappa shape index (κ2) is 5.38. The molecule has 0 atom stereocenters. The highest BCUT2D eigenvalue weighted by Gasteiger charge is 2.15. The van der Waals surface area contributed by atoms with Gasteiger partial charge in [0.1, 0.15) is 0 Å². The molecule has 0 unspecified atom stereocenters. The lowest BCUT2D eigenvalue weighted by Gasteiger charge is -2.11. The van der Waals surface area contributed by atoms with Gasteiger partial charge in [0.15, 0.2) is 7.38 Å². The van der Waals surface area contributed by atoms with E-state index in [0.717, 1.165) is 12.5 Å². The van der Waals surface area contributed by atoms with Gasteiger partial charge in [-0.15, -0.1) is 0 Å². The third kappa shape index (κ3) is 7.82. The number of ether oxygens (including phenoxy) is 1. The van der Waals surface area contributed by atoms with Crippen molar-refractivity contribution in [2.75, 3.05) is 6.61 Å². The lowest BCUT2D eigenvalue weighted by molar-refractivity contribution is -0.137. The summed E-state index contributed by atoms with van der Waals surface area (Å²) in [5.41, 5.74) is 0. The molecule has 4 heteroatoms. The highest BCUT2D eigenvalue weighted by atomic mass is 35.6. The topological polar surface area (TPSA) is 26.3 Å². The molecule has 0 rings (SSSR count). The first-order chi connectivity index (χ1) is 5.45. The monoisotopic (exact) mass is 206 g/mol. The number of carbonyl (C=O) groups excluding carboxylic acids is 1. The predicted octanol–water partition coefficient (Wildman–Crippen LogP) is 2.55. The Morgan fingerprint density at radius 3 is 2.67 bits per heavy atom. The van der Waals surface area contributed by atoms with Crippen LogP contribution in [0.4, 0.5) is 0 Å². The molecule has 0 aliphatic carbocycles. The first kappa shape index (κ1) is 11.7. The molecule has 0 radical (unpaired) electrons. The summed E-state index contributed by atoms with van der Waals surface area (Å²) in [6.07, 6.45) is 2.02. The van der Waals surface area contributed by atoms with Crippen LogP contribution in [0, 0.1) is 0 Å². The molecule has 0 saturated heterocycles. The van der Waals surface area contributed by atoms with Gasteiger partial charge >= 0.3 is 5.97 Å². The van der Waals surface area contributed by atoms with Crippen LogP contribution in [0.5, 0.6) is 0 Å². The maximum absolute atomic E-state index is 10.6. The third-order valence-corrected chi connectivity index (χ3v) is 3.44.